The highest BCUT2D eigenvalue weighted by molar-refractivity contribution is 9.10. The normalized spacial score (nSPS) is 13.5. The first-order chi connectivity index (χ1) is 9.08. The quantitative estimate of drug-likeness (QED) is 0.349. The van der Waals surface area contributed by atoms with E-state index in [4.69, 9.17) is 10.9 Å². The van der Waals surface area contributed by atoms with Crippen molar-refractivity contribution in [2.45, 2.75) is 19.4 Å². The maximum absolute atomic E-state index is 8.55. The van der Waals surface area contributed by atoms with Crippen molar-refractivity contribution in [3.05, 3.63) is 40.9 Å². The standard InChI is InChI=1S/C14H16BrN3O/c1-9(6-14(16)18-19)17-13-5-3-10-7-12(15)4-2-11(10)8-13/h2-5,7-9,17,19H,6H2,1H3,(H2,16,18). The lowest BCUT2D eigenvalue weighted by atomic mass is 10.1. The molecular weight excluding hydrogens is 306 g/mol. The number of nitrogens with one attached hydrogen (secondary N) is 1. The van der Waals surface area contributed by atoms with Crippen LogP contribution in [0.5, 0.6) is 0 Å². The van der Waals surface area contributed by atoms with Crippen LogP contribution >= 0.6 is 15.9 Å². The zero-order chi connectivity index (χ0) is 13.8. The summed E-state index contributed by atoms with van der Waals surface area (Å²) in [6.07, 6.45) is 0.495. The number of hydrogen-bond donors (Lipinski definition) is 3. The number of halogens is 1. The Morgan fingerprint density at radius 2 is 2.00 bits per heavy atom. The van der Waals surface area contributed by atoms with Crippen LogP contribution in [0.25, 0.3) is 10.8 Å². The van der Waals surface area contributed by atoms with Crippen molar-refractivity contribution < 1.29 is 5.21 Å². The number of fused-ring (bicyclic) bond motifs is 1. The zero-order valence-corrected chi connectivity index (χ0v) is 12.2. The molecular formula is C14H16BrN3O. The van der Waals surface area contributed by atoms with Crippen LogP contribution in [0.1, 0.15) is 13.3 Å². The number of oxime groups is 1. The molecule has 19 heavy (non-hydrogen) atoms. The molecule has 0 radical (unpaired) electrons. The number of rotatable bonds is 4. The first-order valence-electron chi connectivity index (χ1n) is 6.01. The fourth-order valence-electron chi connectivity index (χ4n) is 2.00. The molecule has 2 rings (SSSR count). The van der Waals surface area contributed by atoms with Crippen LogP contribution in [0.15, 0.2) is 46.0 Å². The molecule has 0 fully saturated rings. The third kappa shape index (κ3) is 3.61. The van der Waals surface area contributed by atoms with E-state index in [9.17, 15) is 0 Å². The molecule has 0 saturated heterocycles. The average molecular weight is 322 g/mol. The molecule has 0 aliphatic carbocycles. The molecule has 0 spiro atoms. The Hall–Kier alpha value is -1.75. The fraction of sp³-hybridized carbons (Fsp3) is 0.214. The summed E-state index contributed by atoms with van der Waals surface area (Å²) in [5.41, 5.74) is 6.51. The molecule has 0 heterocycles. The van der Waals surface area contributed by atoms with Gasteiger partial charge in [0.2, 0.25) is 0 Å². The summed E-state index contributed by atoms with van der Waals surface area (Å²) in [6, 6.07) is 12.5. The monoisotopic (exact) mass is 321 g/mol. The number of benzene rings is 2. The Morgan fingerprint density at radius 3 is 2.74 bits per heavy atom. The van der Waals surface area contributed by atoms with E-state index >= 15 is 0 Å². The average Bonchev–Trinajstić information content (AvgIpc) is 2.38. The van der Waals surface area contributed by atoms with Gasteiger partial charge in [0.25, 0.3) is 0 Å². The van der Waals surface area contributed by atoms with Gasteiger partial charge in [-0.15, -0.1) is 0 Å². The van der Waals surface area contributed by atoms with Gasteiger partial charge in [0, 0.05) is 22.6 Å². The Morgan fingerprint density at radius 1 is 1.32 bits per heavy atom. The predicted molar refractivity (Wildman–Crippen MR) is 82.8 cm³/mol. The smallest absolute Gasteiger partial charge is 0.141 e. The minimum absolute atomic E-state index is 0.101. The second-order valence-electron chi connectivity index (χ2n) is 4.55. The SMILES string of the molecule is CC(C/C(N)=N/O)Nc1ccc2cc(Br)ccc2c1. The van der Waals surface area contributed by atoms with Gasteiger partial charge in [0.15, 0.2) is 0 Å². The summed E-state index contributed by atoms with van der Waals surface area (Å²) in [4.78, 5) is 0. The first-order valence-corrected chi connectivity index (χ1v) is 6.80. The largest absolute Gasteiger partial charge is 0.409 e. The number of hydrogen-bond acceptors (Lipinski definition) is 3. The topological polar surface area (TPSA) is 70.6 Å². The maximum atomic E-state index is 8.55. The van der Waals surface area contributed by atoms with Crippen LogP contribution in [0.2, 0.25) is 0 Å². The maximum Gasteiger partial charge on any atom is 0.141 e. The lowest BCUT2D eigenvalue weighted by molar-refractivity contribution is 0.316. The van der Waals surface area contributed by atoms with E-state index in [0.717, 1.165) is 10.2 Å². The van der Waals surface area contributed by atoms with Crippen LogP contribution in [0.4, 0.5) is 5.69 Å². The molecule has 0 saturated carbocycles. The van der Waals surface area contributed by atoms with Crippen LogP contribution < -0.4 is 11.1 Å². The Balaban J connectivity index is 2.15. The Bertz CT molecular complexity index is 613. The van der Waals surface area contributed by atoms with Crippen molar-refractivity contribution in [1.29, 1.82) is 0 Å². The summed E-state index contributed by atoms with van der Waals surface area (Å²) in [5.74, 6) is 0.227. The van der Waals surface area contributed by atoms with Gasteiger partial charge in [0.05, 0.1) is 0 Å². The van der Waals surface area contributed by atoms with Crippen molar-refractivity contribution in [2.24, 2.45) is 10.9 Å². The third-order valence-electron chi connectivity index (χ3n) is 2.86. The van der Waals surface area contributed by atoms with E-state index in [1.54, 1.807) is 0 Å². The molecule has 100 valence electrons. The first kappa shape index (κ1) is 13.7. The van der Waals surface area contributed by atoms with Gasteiger partial charge in [0.1, 0.15) is 5.84 Å². The molecule has 0 aromatic heterocycles. The van der Waals surface area contributed by atoms with Crippen molar-refractivity contribution >= 4 is 38.2 Å². The number of amidine groups is 1. The van der Waals surface area contributed by atoms with Crippen molar-refractivity contribution in [3.63, 3.8) is 0 Å². The van der Waals surface area contributed by atoms with E-state index in [-0.39, 0.29) is 11.9 Å². The highest BCUT2D eigenvalue weighted by Gasteiger charge is 2.05. The van der Waals surface area contributed by atoms with Crippen LogP contribution in [0, 0.1) is 0 Å². The molecule has 1 atom stereocenters. The minimum atomic E-state index is 0.101. The molecule has 0 amide bonds. The molecule has 4 nitrogen and oxygen atoms in total. The number of nitrogens with zero attached hydrogens (tertiary/aromatic N) is 1. The molecule has 1 unspecified atom stereocenters. The Labute approximate surface area is 120 Å². The number of anilines is 1. The zero-order valence-electron chi connectivity index (χ0n) is 10.6. The van der Waals surface area contributed by atoms with E-state index in [1.165, 1.54) is 10.8 Å². The van der Waals surface area contributed by atoms with Crippen LogP contribution in [-0.2, 0) is 0 Å². The van der Waals surface area contributed by atoms with Crippen molar-refractivity contribution in [1.82, 2.24) is 0 Å². The summed E-state index contributed by atoms with van der Waals surface area (Å²) in [5, 5.41) is 17.2. The lowest BCUT2D eigenvalue weighted by Crippen LogP contribution is -2.24. The van der Waals surface area contributed by atoms with Gasteiger partial charge in [-0.1, -0.05) is 33.2 Å². The highest BCUT2D eigenvalue weighted by Crippen LogP contribution is 2.23. The predicted octanol–water partition coefficient (Wildman–Crippen LogP) is 3.54. The number of nitrogens with two attached hydrogens (primary N) is 1. The van der Waals surface area contributed by atoms with Gasteiger partial charge in [-0.3, -0.25) is 0 Å². The van der Waals surface area contributed by atoms with Gasteiger partial charge in [-0.05, 0) is 42.0 Å². The molecule has 4 N–H and O–H groups in total. The van der Waals surface area contributed by atoms with E-state index in [0.29, 0.717) is 6.42 Å². The van der Waals surface area contributed by atoms with Crippen molar-refractivity contribution in [2.75, 3.05) is 5.32 Å². The van der Waals surface area contributed by atoms with Gasteiger partial charge < -0.3 is 16.3 Å². The summed E-state index contributed by atoms with van der Waals surface area (Å²) < 4.78 is 1.07. The second kappa shape index (κ2) is 5.93. The van der Waals surface area contributed by atoms with E-state index in [1.807, 2.05) is 19.1 Å². The highest BCUT2D eigenvalue weighted by atomic mass is 79.9. The minimum Gasteiger partial charge on any atom is -0.409 e. The van der Waals surface area contributed by atoms with Gasteiger partial charge >= 0.3 is 0 Å². The molecule has 2 aromatic rings. The lowest BCUT2D eigenvalue weighted by Gasteiger charge is -2.15. The third-order valence-corrected chi connectivity index (χ3v) is 3.35. The summed E-state index contributed by atoms with van der Waals surface area (Å²) in [7, 11) is 0. The second-order valence-corrected chi connectivity index (χ2v) is 5.46. The fourth-order valence-corrected chi connectivity index (χ4v) is 2.38. The van der Waals surface area contributed by atoms with E-state index in [2.05, 4.69) is 50.7 Å². The molecule has 0 bridgehead atoms. The molecule has 0 aliphatic heterocycles. The summed E-state index contributed by atoms with van der Waals surface area (Å²) in [6.45, 7) is 1.99. The van der Waals surface area contributed by atoms with Gasteiger partial charge in [-0.2, -0.15) is 0 Å². The van der Waals surface area contributed by atoms with Crippen LogP contribution in [-0.4, -0.2) is 17.1 Å². The van der Waals surface area contributed by atoms with E-state index < -0.39 is 0 Å². The van der Waals surface area contributed by atoms with Crippen LogP contribution in [0.3, 0.4) is 0 Å². The molecule has 0 aliphatic rings. The Kier molecular flexibility index (Phi) is 4.27. The summed E-state index contributed by atoms with van der Waals surface area (Å²) >= 11 is 3.46. The molecule has 5 heteroatoms. The van der Waals surface area contributed by atoms with Crippen molar-refractivity contribution in [3.8, 4) is 0 Å². The molecule has 2 aromatic carbocycles. The van der Waals surface area contributed by atoms with Gasteiger partial charge in [-0.25, -0.2) is 0 Å².